The highest BCUT2D eigenvalue weighted by Crippen LogP contribution is 2.17. The van der Waals surface area contributed by atoms with Crippen molar-refractivity contribution in [3.63, 3.8) is 0 Å². The first kappa shape index (κ1) is 14.5. The number of rotatable bonds is 5. The third kappa shape index (κ3) is 3.81. The molecule has 1 aliphatic heterocycles. The van der Waals surface area contributed by atoms with Crippen LogP contribution in [0.25, 0.3) is 0 Å². The monoisotopic (exact) mass is 277 g/mol. The minimum absolute atomic E-state index is 0.117. The van der Waals surface area contributed by atoms with E-state index in [9.17, 15) is 9.59 Å². The minimum atomic E-state index is -0.805. The third-order valence-electron chi connectivity index (χ3n) is 3.41. The molecule has 0 spiro atoms. The van der Waals surface area contributed by atoms with Gasteiger partial charge in [-0.1, -0.05) is 19.1 Å². The smallest absolute Gasteiger partial charge is 0.306 e. The van der Waals surface area contributed by atoms with E-state index in [1.54, 1.807) is 19.1 Å². The lowest BCUT2D eigenvalue weighted by Gasteiger charge is -2.11. The molecule has 1 aliphatic rings. The molecule has 1 aromatic rings. The van der Waals surface area contributed by atoms with Crippen LogP contribution in [0.3, 0.4) is 0 Å². The van der Waals surface area contributed by atoms with Crippen LogP contribution in [-0.4, -0.2) is 29.7 Å². The molecule has 1 saturated heterocycles. The van der Waals surface area contributed by atoms with Gasteiger partial charge in [-0.2, -0.15) is 0 Å². The molecular weight excluding hydrogens is 258 g/mol. The van der Waals surface area contributed by atoms with Crippen LogP contribution < -0.4 is 5.32 Å². The predicted molar refractivity (Wildman–Crippen MR) is 74.5 cm³/mol. The molecule has 1 amide bonds. The van der Waals surface area contributed by atoms with E-state index in [4.69, 9.17) is 9.84 Å². The van der Waals surface area contributed by atoms with E-state index in [0.717, 1.165) is 18.4 Å². The van der Waals surface area contributed by atoms with E-state index < -0.39 is 11.9 Å². The van der Waals surface area contributed by atoms with Crippen LogP contribution in [0.15, 0.2) is 24.3 Å². The van der Waals surface area contributed by atoms with Crippen LogP contribution in [0.2, 0.25) is 0 Å². The summed E-state index contributed by atoms with van der Waals surface area (Å²) in [5.74, 6) is -1.34. The number of aliphatic carboxylic acids is 1. The molecule has 1 unspecified atom stereocenters. The van der Waals surface area contributed by atoms with Crippen LogP contribution in [0.5, 0.6) is 0 Å². The van der Waals surface area contributed by atoms with Gasteiger partial charge in [0.25, 0.3) is 5.91 Å². The Balaban J connectivity index is 1.91. The molecule has 0 bridgehead atoms. The van der Waals surface area contributed by atoms with Crippen LogP contribution in [0, 0.1) is 5.92 Å². The second-order valence-electron chi connectivity index (χ2n) is 5.13. The van der Waals surface area contributed by atoms with Gasteiger partial charge in [-0.25, -0.2) is 0 Å². The van der Waals surface area contributed by atoms with Gasteiger partial charge in [0.05, 0.1) is 5.92 Å². The lowest BCUT2D eigenvalue weighted by molar-refractivity contribution is -0.141. The summed E-state index contributed by atoms with van der Waals surface area (Å²) in [6, 6.07) is 7.25. The van der Waals surface area contributed by atoms with E-state index in [0.29, 0.717) is 18.7 Å². The Labute approximate surface area is 117 Å². The molecule has 1 fully saturated rings. The fourth-order valence-corrected chi connectivity index (χ4v) is 2.17. The summed E-state index contributed by atoms with van der Waals surface area (Å²) in [7, 11) is 0. The Kier molecular flexibility index (Phi) is 4.74. The zero-order valence-corrected chi connectivity index (χ0v) is 11.5. The summed E-state index contributed by atoms with van der Waals surface area (Å²) in [6.45, 7) is 2.32. The topological polar surface area (TPSA) is 75.6 Å². The fraction of sp³-hybridized carbons (Fsp3) is 0.467. The SMILES string of the molecule is CC(Cc1ccc(NC(=O)[C@@H]2CCCO2)cc1)C(=O)O. The quantitative estimate of drug-likeness (QED) is 0.864. The van der Waals surface area contributed by atoms with Gasteiger partial charge in [0, 0.05) is 12.3 Å². The molecule has 0 radical (unpaired) electrons. The molecule has 0 aromatic heterocycles. The van der Waals surface area contributed by atoms with Crippen molar-refractivity contribution in [3.8, 4) is 0 Å². The number of ether oxygens (including phenoxy) is 1. The first-order valence-electron chi connectivity index (χ1n) is 6.80. The zero-order valence-electron chi connectivity index (χ0n) is 11.5. The largest absolute Gasteiger partial charge is 0.481 e. The normalized spacial score (nSPS) is 19.6. The van der Waals surface area contributed by atoms with Gasteiger partial charge >= 0.3 is 5.97 Å². The van der Waals surface area contributed by atoms with Gasteiger partial charge in [0.2, 0.25) is 0 Å². The van der Waals surface area contributed by atoms with Gasteiger partial charge in [-0.3, -0.25) is 9.59 Å². The summed E-state index contributed by atoms with van der Waals surface area (Å²) in [5.41, 5.74) is 1.65. The standard InChI is InChI=1S/C15H19NO4/c1-10(15(18)19)9-11-4-6-12(7-5-11)16-14(17)13-3-2-8-20-13/h4-7,10,13H,2-3,8-9H2,1H3,(H,16,17)(H,18,19)/t10?,13-/m0/s1. The molecule has 2 atom stereocenters. The van der Waals surface area contributed by atoms with Gasteiger partial charge in [0.15, 0.2) is 0 Å². The Morgan fingerprint density at radius 2 is 2.10 bits per heavy atom. The average molecular weight is 277 g/mol. The van der Waals surface area contributed by atoms with Gasteiger partial charge in [-0.05, 0) is 37.0 Å². The van der Waals surface area contributed by atoms with Crippen molar-refractivity contribution in [3.05, 3.63) is 29.8 Å². The summed E-state index contributed by atoms with van der Waals surface area (Å²) in [6.07, 6.45) is 1.82. The highest BCUT2D eigenvalue weighted by molar-refractivity contribution is 5.94. The van der Waals surface area contributed by atoms with Crippen molar-refractivity contribution < 1.29 is 19.4 Å². The number of anilines is 1. The van der Waals surface area contributed by atoms with Gasteiger partial charge in [-0.15, -0.1) is 0 Å². The number of carbonyl (C=O) groups is 2. The number of amides is 1. The van der Waals surface area contributed by atoms with E-state index in [-0.39, 0.29) is 12.0 Å². The lowest BCUT2D eigenvalue weighted by atomic mass is 10.0. The summed E-state index contributed by atoms with van der Waals surface area (Å²) < 4.78 is 5.31. The molecule has 1 heterocycles. The van der Waals surface area contributed by atoms with Crippen LogP contribution >= 0.6 is 0 Å². The third-order valence-corrected chi connectivity index (χ3v) is 3.41. The number of benzene rings is 1. The minimum Gasteiger partial charge on any atom is -0.481 e. The second-order valence-corrected chi connectivity index (χ2v) is 5.13. The molecule has 20 heavy (non-hydrogen) atoms. The maximum Gasteiger partial charge on any atom is 0.306 e. The van der Waals surface area contributed by atoms with Gasteiger partial charge < -0.3 is 15.2 Å². The average Bonchev–Trinajstić information content (AvgIpc) is 2.95. The summed E-state index contributed by atoms with van der Waals surface area (Å²) in [4.78, 5) is 22.6. The first-order chi connectivity index (χ1) is 9.56. The molecular formula is C15H19NO4. The molecule has 5 nitrogen and oxygen atoms in total. The Morgan fingerprint density at radius 3 is 2.65 bits per heavy atom. The molecule has 0 aliphatic carbocycles. The van der Waals surface area contributed by atoms with Crippen LogP contribution in [0.4, 0.5) is 5.69 Å². The maximum absolute atomic E-state index is 11.9. The number of nitrogens with one attached hydrogen (secondary N) is 1. The Morgan fingerprint density at radius 1 is 1.40 bits per heavy atom. The van der Waals surface area contributed by atoms with E-state index in [1.165, 1.54) is 0 Å². The Hall–Kier alpha value is -1.88. The molecule has 2 rings (SSSR count). The maximum atomic E-state index is 11.9. The molecule has 1 aromatic carbocycles. The zero-order chi connectivity index (χ0) is 14.5. The number of carbonyl (C=O) groups excluding carboxylic acids is 1. The van der Waals surface area contributed by atoms with Crippen molar-refractivity contribution in [2.45, 2.75) is 32.3 Å². The molecule has 5 heteroatoms. The predicted octanol–water partition coefficient (Wildman–Crippen LogP) is 2.07. The van der Waals surface area contributed by atoms with Gasteiger partial charge in [0.1, 0.15) is 6.10 Å². The first-order valence-corrected chi connectivity index (χ1v) is 6.80. The van der Waals surface area contributed by atoms with Crippen LogP contribution in [-0.2, 0) is 20.7 Å². The number of hydrogen-bond donors (Lipinski definition) is 2. The van der Waals surface area contributed by atoms with Crippen molar-refractivity contribution in [2.75, 3.05) is 11.9 Å². The molecule has 2 N–H and O–H groups in total. The number of carboxylic acids is 1. The highest BCUT2D eigenvalue weighted by Gasteiger charge is 2.23. The Bertz CT molecular complexity index is 477. The van der Waals surface area contributed by atoms with Crippen molar-refractivity contribution in [2.24, 2.45) is 5.92 Å². The highest BCUT2D eigenvalue weighted by atomic mass is 16.5. The number of hydrogen-bond acceptors (Lipinski definition) is 3. The van der Waals surface area contributed by atoms with Crippen molar-refractivity contribution in [1.29, 1.82) is 0 Å². The number of carboxylic acid groups (broad SMARTS) is 1. The fourth-order valence-electron chi connectivity index (χ4n) is 2.17. The summed E-state index contributed by atoms with van der Waals surface area (Å²) in [5, 5.41) is 11.7. The second kappa shape index (κ2) is 6.52. The molecule has 0 saturated carbocycles. The molecule has 108 valence electrons. The lowest BCUT2D eigenvalue weighted by Crippen LogP contribution is -2.26. The van der Waals surface area contributed by atoms with Crippen molar-refractivity contribution >= 4 is 17.6 Å². The van der Waals surface area contributed by atoms with E-state index in [1.807, 2.05) is 12.1 Å². The summed E-state index contributed by atoms with van der Waals surface area (Å²) >= 11 is 0. The van der Waals surface area contributed by atoms with Crippen molar-refractivity contribution in [1.82, 2.24) is 0 Å². The van der Waals surface area contributed by atoms with Crippen LogP contribution in [0.1, 0.15) is 25.3 Å². The van der Waals surface area contributed by atoms with E-state index >= 15 is 0 Å². The van der Waals surface area contributed by atoms with E-state index in [2.05, 4.69) is 5.32 Å².